The monoisotopic (exact) mass is 574 g/mol. The molecule has 7 heteroatoms. The van der Waals surface area contributed by atoms with Crippen LogP contribution in [0, 0.1) is 0 Å². The largest absolute Gasteiger partial charge is 0.453 e. The Morgan fingerprint density at radius 1 is 0.512 bits per heavy atom. The molecule has 6 nitrogen and oxygen atoms in total. The Kier molecular flexibility index (Phi) is 5.27. The second kappa shape index (κ2) is 9.44. The molecule has 4 heterocycles. The van der Waals surface area contributed by atoms with E-state index in [-0.39, 0.29) is 0 Å². The van der Waals surface area contributed by atoms with Crippen LogP contribution < -0.4 is 19.3 Å². The van der Waals surface area contributed by atoms with Crippen molar-refractivity contribution in [2.24, 2.45) is 0 Å². The van der Waals surface area contributed by atoms with Gasteiger partial charge in [-0.05, 0) is 78.9 Å². The molecule has 0 amide bonds. The number of aromatic nitrogens is 2. The summed E-state index contributed by atoms with van der Waals surface area (Å²) < 4.78 is 12.7. The maximum atomic E-state index is 6.34. The average Bonchev–Trinajstić information content (AvgIpc) is 3.50. The fourth-order valence-electron chi connectivity index (χ4n) is 5.84. The number of thiazole rings is 1. The third-order valence-corrected chi connectivity index (χ3v) is 8.73. The molecule has 0 radical (unpaired) electrons. The minimum Gasteiger partial charge on any atom is -0.453 e. The number of hydrogen-bond donors (Lipinski definition) is 0. The lowest BCUT2D eigenvalue weighted by Gasteiger charge is -2.35. The van der Waals surface area contributed by atoms with E-state index in [0.29, 0.717) is 0 Å². The Hall–Kier alpha value is -5.66. The van der Waals surface area contributed by atoms with Crippen LogP contribution in [0.3, 0.4) is 0 Å². The second-order valence-corrected chi connectivity index (χ2v) is 11.3. The molecule has 2 aliphatic heterocycles. The Bertz CT molecular complexity index is 1950. The minimum absolute atomic E-state index is 0.805. The number of ether oxygens (including phenoxy) is 2. The molecule has 0 aliphatic carbocycles. The van der Waals surface area contributed by atoms with Gasteiger partial charge in [0.2, 0.25) is 0 Å². The van der Waals surface area contributed by atoms with Gasteiger partial charge in [0.05, 0.1) is 22.7 Å². The number of fused-ring (bicyclic) bond motifs is 5. The summed E-state index contributed by atoms with van der Waals surface area (Å²) in [6.07, 6.45) is 1.81. The summed E-state index contributed by atoms with van der Waals surface area (Å²) in [4.78, 5) is 15.0. The number of hydrogen-bond acceptors (Lipinski definition) is 7. The summed E-state index contributed by atoms with van der Waals surface area (Å²) in [6.45, 7) is 0. The van der Waals surface area contributed by atoms with Crippen molar-refractivity contribution in [3.05, 3.63) is 134 Å². The lowest BCUT2D eigenvalue weighted by atomic mass is 10.1. The summed E-state index contributed by atoms with van der Waals surface area (Å²) in [5, 5.41) is 0.904. The number of rotatable bonds is 3. The fourth-order valence-corrected chi connectivity index (χ4v) is 6.73. The van der Waals surface area contributed by atoms with E-state index in [9.17, 15) is 0 Å². The molecular formula is C36H22N4O2S. The highest BCUT2D eigenvalue weighted by atomic mass is 32.1. The normalized spacial score (nSPS) is 12.9. The lowest BCUT2D eigenvalue weighted by molar-refractivity contribution is 0.477. The van der Waals surface area contributed by atoms with Gasteiger partial charge in [-0.2, -0.15) is 0 Å². The quantitative estimate of drug-likeness (QED) is 0.209. The number of nitrogens with zero attached hydrogens (tertiary/aromatic N) is 4. The molecule has 0 N–H and O–H groups in total. The number of anilines is 6. The zero-order valence-electron chi connectivity index (χ0n) is 22.7. The molecule has 0 fully saturated rings. The molecule has 0 unspecified atom stereocenters. The molecular weight excluding hydrogens is 552 g/mol. The van der Waals surface area contributed by atoms with Crippen molar-refractivity contribution in [2.75, 3.05) is 9.80 Å². The fraction of sp³-hybridized carbons (Fsp3) is 0. The summed E-state index contributed by atoms with van der Waals surface area (Å²) >= 11 is 1.59. The van der Waals surface area contributed by atoms with Crippen LogP contribution in [-0.2, 0) is 0 Å². The zero-order chi connectivity index (χ0) is 28.3. The molecule has 9 rings (SSSR count). The molecule has 0 atom stereocenters. The number of para-hydroxylation sites is 8. The van der Waals surface area contributed by atoms with Gasteiger partial charge in [0, 0.05) is 23.1 Å². The van der Waals surface area contributed by atoms with E-state index in [2.05, 4.69) is 57.2 Å². The van der Waals surface area contributed by atoms with E-state index in [0.717, 1.165) is 78.0 Å². The summed E-state index contributed by atoms with van der Waals surface area (Å²) in [5.74, 6) is 3.22. The summed E-state index contributed by atoms with van der Waals surface area (Å²) in [7, 11) is 0. The van der Waals surface area contributed by atoms with Crippen molar-refractivity contribution >= 4 is 55.8 Å². The predicted octanol–water partition coefficient (Wildman–Crippen LogP) is 10.5. The van der Waals surface area contributed by atoms with Gasteiger partial charge in [-0.1, -0.05) is 59.9 Å². The first kappa shape index (κ1) is 24.0. The molecule has 5 aromatic carbocycles. The molecule has 2 aliphatic rings. The third-order valence-electron chi connectivity index (χ3n) is 7.70. The van der Waals surface area contributed by atoms with Crippen LogP contribution >= 0.6 is 11.3 Å². The van der Waals surface area contributed by atoms with Gasteiger partial charge in [0.15, 0.2) is 23.0 Å². The van der Waals surface area contributed by atoms with Crippen LogP contribution in [0.25, 0.3) is 20.9 Å². The molecule has 43 heavy (non-hydrogen) atoms. The van der Waals surface area contributed by atoms with Crippen LogP contribution in [0.15, 0.2) is 134 Å². The molecule has 0 saturated heterocycles. The van der Waals surface area contributed by atoms with E-state index >= 15 is 0 Å². The van der Waals surface area contributed by atoms with Crippen molar-refractivity contribution < 1.29 is 9.47 Å². The van der Waals surface area contributed by atoms with Gasteiger partial charge >= 0.3 is 0 Å². The first-order chi connectivity index (χ1) is 21.3. The Morgan fingerprint density at radius 2 is 0.977 bits per heavy atom. The van der Waals surface area contributed by atoms with Gasteiger partial charge in [-0.3, -0.25) is 0 Å². The Balaban J connectivity index is 1.32. The highest BCUT2D eigenvalue weighted by Gasteiger charge is 2.29. The van der Waals surface area contributed by atoms with Crippen LogP contribution in [0.4, 0.5) is 34.1 Å². The maximum absolute atomic E-state index is 6.34. The lowest BCUT2D eigenvalue weighted by Crippen LogP contribution is -2.18. The number of benzene rings is 5. The Labute approximate surface area is 251 Å². The topological polar surface area (TPSA) is 50.7 Å². The number of pyridine rings is 1. The smallest absolute Gasteiger partial charge is 0.151 e. The highest BCUT2D eigenvalue weighted by Crippen LogP contribution is 2.54. The SMILES string of the molecule is c1ccc2c(c1)Oc1ccccc1N2c1cc(-c2nc3cccnc3s2)cc(N2c3ccccc3Oc3ccccc32)c1. The summed E-state index contributed by atoms with van der Waals surface area (Å²) in [5.41, 5.74) is 7.75. The molecule has 0 bridgehead atoms. The van der Waals surface area contributed by atoms with Crippen molar-refractivity contribution in [3.63, 3.8) is 0 Å². The maximum Gasteiger partial charge on any atom is 0.151 e. The molecule has 7 aromatic rings. The predicted molar refractivity (Wildman–Crippen MR) is 172 cm³/mol. The minimum atomic E-state index is 0.805. The molecule has 2 aromatic heterocycles. The van der Waals surface area contributed by atoms with Crippen LogP contribution in [0.5, 0.6) is 23.0 Å². The zero-order valence-corrected chi connectivity index (χ0v) is 23.5. The van der Waals surface area contributed by atoms with Gasteiger partial charge < -0.3 is 19.3 Å². The van der Waals surface area contributed by atoms with Gasteiger partial charge in [0.1, 0.15) is 15.4 Å². The van der Waals surface area contributed by atoms with Gasteiger partial charge in [-0.15, -0.1) is 0 Å². The summed E-state index contributed by atoms with van der Waals surface area (Å²) in [6, 6.07) is 43.2. The van der Waals surface area contributed by atoms with Crippen molar-refractivity contribution in [2.45, 2.75) is 0 Å². The van der Waals surface area contributed by atoms with Gasteiger partial charge in [-0.25, -0.2) is 9.97 Å². The van der Waals surface area contributed by atoms with Crippen LogP contribution in [-0.4, -0.2) is 9.97 Å². The van der Waals surface area contributed by atoms with E-state index in [1.54, 1.807) is 11.3 Å². The highest BCUT2D eigenvalue weighted by molar-refractivity contribution is 7.21. The van der Waals surface area contributed by atoms with Crippen molar-refractivity contribution in [1.29, 1.82) is 0 Å². The van der Waals surface area contributed by atoms with E-state index in [1.807, 2.05) is 91.1 Å². The average molecular weight is 575 g/mol. The van der Waals surface area contributed by atoms with E-state index in [4.69, 9.17) is 14.5 Å². The standard InChI is InChI=1S/C36H22N4O2S/c1-5-15-31-27(11-1)39(28-12-2-6-16-32(28)41-31)24-20-23(35-38-26-10-9-19-37-36(26)43-35)21-25(22-24)40-29-13-3-7-17-33(29)42-34-18-8-4-14-30(34)40/h1-22H. The first-order valence-electron chi connectivity index (χ1n) is 14.0. The van der Waals surface area contributed by atoms with Crippen molar-refractivity contribution in [1.82, 2.24) is 9.97 Å². The second-order valence-electron chi connectivity index (χ2n) is 10.3. The molecule has 204 valence electrons. The van der Waals surface area contributed by atoms with Crippen LogP contribution in [0.1, 0.15) is 0 Å². The van der Waals surface area contributed by atoms with Gasteiger partial charge in [0.25, 0.3) is 0 Å². The van der Waals surface area contributed by atoms with Crippen LogP contribution in [0.2, 0.25) is 0 Å². The first-order valence-corrected chi connectivity index (χ1v) is 14.8. The van der Waals surface area contributed by atoms with Crippen molar-refractivity contribution in [3.8, 4) is 33.6 Å². The molecule has 0 saturated carbocycles. The van der Waals surface area contributed by atoms with E-state index in [1.165, 1.54) is 0 Å². The Morgan fingerprint density at radius 3 is 1.44 bits per heavy atom. The van der Waals surface area contributed by atoms with E-state index < -0.39 is 0 Å². The molecule has 0 spiro atoms. The third kappa shape index (κ3) is 3.86.